The number of aryl methyl sites for hydroxylation is 1. The van der Waals surface area contributed by atoms with E-state index in [1.54, 1.807) is 0 Å². The van der Waals surface area contributed by atoms with Gasteiger partial charge in [-0.1, -0.05) is 29.8 Å². The van der Waals surface area contributed by atoms with Crippen LogP contribution in [0.3, 0.4) is 0 Å². The number of nitrogens with one attached hydrogen (secondary N) is 1. The van der Waals surface area contributed by atoms with Gasteiger partial charge in [-0.3, -0.25) is 4.79 Å². The van der Waals surface area contributed by atoms with Gasteiger partial charge in [0, 0.05) is 12.6 Å². The molecule has 146 valence electrons. The van der Waals surface area contributed by atoms with E-state index in [-0.39, 0.29) is 18.0 Å². The van der Waals surface area contributed by atoms with Crippen LogP contribution in [-0.2, 0) is 30.3 Å². The summed E-state index contributed by atoms with van der Waals surface area (Å²) in [6, 6.07) is 8.92. The lowest BCUT2D eigenvalue weighted by atomic mass is 10.1. The summed E-state index contributed by atoms with van der Waals surface area (Å²) in [5.74, 6) is 0.0506. The third-order valence-electron chi connectivity index (χ3n) is 4.42. The summed E-state index contributed by atoms with van der Waals surface area (Å²) in [6.45, 7) is 10.4. The van der Waals surface area contributed by atoms with E-state index in [1.807, 2.05) is 0 Å². The number of carbonyl (C=O) groups excluding carboxylic acids is 1. The van der Waals surface area contributed by atoms with Gasteiger partial charge >= 0.3 is 0 Å². The van der Waals surface area contributed by atoms with Crippen molar-refractivity contribution in [3.63, 3.8) is 0 Å². The monoisotopic (exact) mass is 365 g/mol. The van der Waals surface area contributed by atoms with Crippen LogP contribution in [0.15, 0.2) is 24.3 Å². The second kappa shape index (κ2) is 11.4. The number of hydrogen-bond donors (Lipinski definition) is 1. The van der Waals surface area contributed by atoms with Gasteiger partial charge in [0.15, 0.2) is 5.78 Å². The molecule has 3 unspecified atom stereocenters. The Labute approximate surface area is 156 Å². The fourth-order valence-corrected chi connectivity index (χ4v) is 2.63. The summed E-state index contributed by atoms with van der Waals surface area (Å²) >= 11 is 0. The number of Topliss-reactive ketones (excluding diaryl/α,β-unsaturated/α-hetero) is 1. The highest BCUT2D eigenvalue weighted by Crippen LogP contribution is 2.08. The van der Waals surface area contributed by atoms with Gasteiger partial charge in [0.2, 0.25) is 0 Å². The summed E-state index contributed by atoms with van der Waals surface area (Å²) in [7, 11) is 0. The molecule has 0 saturated carbocycles. The maximum absolute atomic E-state index is 10.6. The van der Waals surface area contributed by atoms with Crippen molar-refractivity contribution in [1.29, 1.82) is 0 Å². The van der Waals surface area contributed by atoms with Crippen LogP contribution in [0.4, 0.5) is 0 Å². The molecule has 1 aromatic carbocycles. The molecular weight excluding hydrogens is 334 g/mol. The largest absolute Gasteiger partial charge is 0.376 e. The minimum absolute atomic E-state index is 0.0506. The molecule has 2 saturated heterocycles. The lowest BCUT2D eigenvalue weighted by Gasteiger charge is -2.28. The molecule has 26 heavy (non-hydrogen) atoms. The molecule has 3 atom stereocenters. The van der Waals surface area contributed by atoms with Crippen LogP contribution in [0.2, 0.25) is 0 Å². The zero-order valence-corrected chi connectivity index (χ0v) is 16.0. The lowest BCUT2D eigenvalue weighted by Crippen LogP contribution is -2.44. The Morgan fingerprint density at radius 3 is 2.23 bits per heavy atom. The van der Waals surface area contributed by atoms with Crippen molar-refractivity contribution in [1.82, 2.24) is 5.32 Å². The molecule has 0 amide bonds. The number of rotatable bonds is 5. The van der Waals surface area contributed by atoms with Gasteiger partial charge < -0.3 is 24.3 Å². The quantitative estimate of drug-likeness (QED) is 0.859. The Morgan fingerprint density at radius 2 is 1.73 bits per heavy atom. The van der Waals surface area contributed by atoms with Crippen molar-refractivity contribution in [2.45, 2.75) is 45.6 Å². The molecule has 1 N–H and O–H groups in total. The second-order valence-electron chi connectivity index (χ2n) is 6.68. The molecule has 0 bridgehead atoms. The molecule has 2 fully saturated rings. The van der Waals surface area contributed by atoms with Gasteiger partial charge in [-0.15, -0.1) is 0 Å². The molecule has 2 aliphatic heterocycles. The maximum Gasteiger partial charge on any atom is 0.160 e. The molecule has 6 nitrogen and oxygen atoms in total. The summed E-state index contributed by atoms with van der Waals surface area (Å²) in [5.41, 5.74) is 2.60. The molecule has 0 spiro atoms. The van der Waals surface area contributed by atoms with E-state index in [4.69, 9.17) is 18.9 Å². The molecule has 1 aromatic rings. The summed E-state index contributed by atoms with van der Waals surface area (Å²) in [6.07, 6.45) is -0.132. The van der Waals surface area contributed by atoms with Crippen molar-refractivity contribution < 1.29 is 23.7 Å². The minimum Gasteiger partial charge on any atom is -0.376 e. The first kappa shape index (κ1) is 21.0. The molecule has 0 radical (unpaired) electrons. The van der Waals surface area contributed by atoms with E-state index in [9.17, 15) is 4.79 Å². The van der Waals surface area contributed by atoms with Crippen molar-refractivity contribution >= 4 is 5.78 Å². The number of ketones is 1. The topological polar surface area (TPSA) is 66.0 Å². The molecule has 3 rings (SSSR count). The van der Waals surface area contributed by atoms with E-state index >= 15 is 0 Å². The maximum atomic E-state index is 10.6. The number of carbonyl (C=O) groups is 1. The number of hydrogen-bond acceptors (Lipinski definition) is 6. The highest BCUT2D eigenvalue weighted by molar-refractivity contribution is 5.80. The van der Waals surface area contributed by atoms with Gasteiger partial charge in [-0.05, 0) is 26.3 Å². The number of benzene rings is 1. The Bertz CT molecular complexity index is 522. The number of ether oxygens (including phenoxy) is 4. The molecular formula is C20H31NO5. The third-order valence-corrected chi connectivity index (χ3v) is 4.42. The summed E-state index contributed by atoms with van der Waals surface area (Å²) < 4.78 is 21.1. The van der Waals surface area contributed by atoms with Crippen LogP contribution in [0, 0.1) is 6.92 Å². The van der Waals surface area contributed by atoms with Crippen LogP contribution in [0.5, 0.6) is 0 Å². The van der Waals surface area contributed by atoms with Crippen LogP contribution >= 0.6 is 0 Å². The normalized spacial score (nSPS) is 24.3. The highest BCUT2D eigenvalue weighted by Gasteiger charge is 2.20. The van der Waals surface area contributed by atoms with Crippen molar-refractivity contribution in [3.8, 4) is 0 Å². The highest BCUT2D eigenvalue weighted by atomic mass is 16.6. The first-order valence-corrected chi connectivity index (χ1v) is 9.24. The average Bonchev–Trinajstić information content (AvgIpc) is 2.69. The Morgan fingerprint density at radius 1 is 1.08 bits per heavy atom. The van der Waals surface area contributed by atoms with Crippen molar-refractivity contribution in [2.75, 3.05) is 39.6 Å². The van der Waals surface area contributed by atoms with E-state index in [2.05, 4.69) is 43.4 Å². The Kier molecular flexibility index (Phi) is 9.22. The van der Waals surface area contributed by atoms with Gasteiger partial charge in [-0.2, -0.15) is 0 Å². The molecule has 0 aromatic heterocycles. The Balaban J connectivity index is 0.000000228. The fourth-order valence-electron chi connectivity index (χ4n) is 2.63. The summed E-state index contributed by atoms with van der Waals surface area (Å²) in [5, 5.41) is 3.48. The first-order chi connectivity index (χ1) is 12.6. The van der Waals surface area contributed by atoms with Crippen LogP contribution in [-0.4, -0.2) is 63.7 Å². The van der Waals surface area contributed by atoms with Gasteiger partial charge in [0.05, 0.1) is 45.7 Å². The SMILES string of the molecule is CC(=O)C1COCCO1.Cc1ccc(CNC(C)C2COCCO2)cc1. The minimum atomic E-state index is -0.307. The molecule has 6 heteroatoms. The van der Waals surface area contributed by atoms with E-state index < -0.39 is 0 Å². The second-order valence-corrected chi connectivity index (χ2v) is 6.68. The van der Waals surface area contributed by atoms with Crippen LogP contribution in [0.1, 0.15) is 25.0 Å². The first-order valence-electron chi connectivity index (χ1n) is 9.24. The smallest absolute Gasteiger partial charge is 0.160 e. The van der Waals surface area contributed by atoms with Crippen LogP contribution in [0.25, 0.3) is 0 Å². The predicted molar refractivity (Wildman–Crippen MR) is 99.3 cm³/mol. The average molecular weight is 365 g/mol. The van der Waals surface area contributed by atoms with E-state index in [0.717, 1.165) is 13.2 Å². The molecule has 2 heterocycles. The van der Waals surface area contributed by atoms with Gasteiger partial charge in [0.1, 0.15) is 6.10 Å². The predicted octanol–water partition coefficient (Wildman–Crippen LogP) is 1.88. The molecule has 2 aliphatic rings. The fraction of sp³-hybridized carbons (Fsp3) is 0.650. The van der Waals surface area contributed by atoms with E-state index in [1.165, 1.54) is 18.1 Å². The van der Waals surface area contributed by atoms with Crippen molar-refractivity contribution in [3.05, 3.63) is 35.4 Å². The zero-order chi connectivity index (χ0) is 18.8. The Hall–Kier alpha value is -1.31. The van der Waals surface area contributed by atoms with E-state index in [0.29, 0.717) is 39.1 Å². The lowest BCUT2D eigenvalue weighted by molar-refractivity contribution is -0.143. The van der Waals surface area contributed by atoms with Crippen LogP contribution < -0.4 is 5.32 Å². The van der Waals surface area contributed by atoms with Gasteiger partial charge in [-0.25, -0.2) is 0 Å². The van der Waals surface area contributed by atoms with Gasteiger partial charge in [0.25, 0.3) is 0 Å². The summed E-state index contributed by atoms with van der Waals surface area (Å²) in [4.78, 5) is 10.6. The third kappa shape index (κ3) is 7.51. The standard InChI is InChI=1S/C14H21NO2.C6H10O3/c1-11-3-5-13(6-4-11)9-15-12(2)14-10-16-7-8-17-14;1-5(7)6-4-8-2-3-9-6/h3-6,12,14-15H,7-10H2,1-2H3;6H,2-4H2,1H3. The zero-order valence-electron chi connectivity index (χ0n) is 16.0. The van der Waals surface area contributed by atoms with Crippen molar-refractivity contribution in [2.24, 2.45) is 0 Å². The molecule has 0 aliphatic carbocycles.